The maximum absolute atomic E-state index is 12.4. The van der Waals surface area contributed by atoms with Crippen molar-refractivity contribution in [2.75, 3.05) is 26.2 Å². The SMILES string of the molecule is O=C(NCCOc1cccc2cccnc12)c1cncc(CC2CCNC2)c1. The van der Waals surface area contributed by atoms with Crippen LogP contribution in [0, 0.1) is 5.92 Å². The average molecular weight is 376 g/mol. The highest BCUT2D eigenvalue weighted by molar-refractivity contribution is 5.94. The molecule has 1 unspecified atom stereocenters. The van der Waals surface area contributed by atoms with Gasteiger partial charge in [0.1, 0.15) is 17.9 Å². The smallest absolute Gasteiger partial charge is 0.252 e. The molecular formula is C22H24N4O2. The number of nitrogens with one attached hydrogen (secondary N) is 2. The lowest BCUT2D eigenvalue weighted by Crippen LogP contribution is -2.28. The molecule has 6 heteroatoms. The molecule has 144 valence electrons. The quantitative estimate of drug-likeness (QED) is 0.620. The summed E-state index contributed by atoms with van der Waals surface area (Å²) in [6.07, 6.45) is 7.35. The summed E-state index contributed by atoms with van der Waals surface area (Å²) in [5, 5.41) is 7.30. The number of rotatable bonds is 7. The van der Waals surface area contributed by atoms with Crippen LogP contribution < -0.4 is 15.4 Å². The summed E-state index contributed by atoms with van der Waals surface area (Å²) < 4.78 is 5.82. The van der Waals surface area contributed by atoms with Crippen LogP contribution in [0.1, 0.15) is 22.3 Å². The van der Waals surface area contributed by atoms with E-state index in [1.54, 1.807) is 12.4 Å². The normalized spacial score (nSPS) is 16.2. The first-order valence-corrected chi connectivity index (χ1v) is 9.69. The second kappa shape index (κ2) is 8.80. The number of hydrogen-bond donors (Lipinski definition) is 2. The van der Waals surface area contributed by atoms with Crippen LogP contribution in [0.15, 0.2) is 55.0 Å². The summed E-state index contributed by atoms with van der Waals surface area (Å²) in [5.74, 6) is 1.22. The molecular weight excluding hydrogens is 352 g/mol. The molecule has 1 aliphatic heterocycles. The van der Waals surface area contributed by atoms with Crippen LogP contribution in [0.4, 0.5) is 0 Å². The lowest BCUT2D eigenvalue weighted by Gasteiger charge is -2.11. The van der Waals surface area contributed by atoms with Gasteiger partial charge in [-0.2, -0.15) is 0 Å². The molecule has 0 aliphatic carbocycles. The third-order valence-corrected chi connectivity index (χ3v) is 4.98. The van der Waals surface area contributed by atoms with Gasteiger partial charge in [0.05, 0.1) is 12.1 Å². The molecule has 3 aromatic rings. The molecule has 1 fully saturated rings. The van der Waals surface area contributed by atoms with E-state index in [0.29, 0.717) is 24.6 Å². The van der Waals surface area contributed by atoms with Gasteiger partial charge in [-0.05, 0) is 55.6 Å². The van der Waals surface area contributed by atoms with E-state index in [0.717, 1.165) is 41.7 Å². The predicted octanol–water partition coefficient (Wildman–Crippen LogP) is 2.59. The van der Waals surface area contributed by atoms with Gasteiger partial charge < -0.3 is 15.4 Å². The maximum atomic E-state index is 12.4. The molecule has 0 radical (unpaired) electrons. The van der Waals surface area contributed by atoms with Crippen LogP contribution in [0.5, 0.6) is 5.75 Å². The lowest BCUT2D eigenvalue weighted by molar-refractivity contribution is 0.0946. The highest BCUT2D eigenvalue weighted by atomic mass is 16.5. The molecule has 3 heterocycles. The Morgan fingerprint density at radius 3 is 3.07 bits per heavy atom. The Bertz CT molecular complexity index is 949. The zero-order valence-electron chi connectivity index (χ0n) is 15.7. The zero-order valence-corrected chi connectivity index (χ0v) is 15.7. The highest BCUT2D eigenvalue weighted by Gasteiger charge is 2.16. The maximum Gasteiger partial charge on any atom is 0.252 e. The number of pyridine rings is 2. The van der Waals surface area contributed by atoms with Gasteiger partial charge in [-0.3, -0.25) is 14.8 Å². The number of amides is 1. The molecule has 2 aromatic heterocycles. The Balaban J connectivity index is 1.29. The van der Waals surface area contributed by atoms with Gasteiger partial charge in [-0.1, -0.05) is 18.2 Å². The van der Waals surface area contributed by atoms with E-state index < -0.39 is 0 Å². The van der Waals surface area contributed by atoms with Crippen LogP contribution in [0.2, 0.25) is 0 Å². The molecule has 0 bridgehead atoms. The Morgan fingerprint density at radius 1 is 1.25 bits per heavy atom. The summed E-state index contributed by atoms with van der Waals surface area (Å²) >= 11 is 0. The molecule has 1 aromatic carbocycles. The Kier molecular flexibility index (Phi) is 5.77. The number of benzene rings is 1. The van der Waals surface area contributed by atoms with E-state index in [2.05, 4.69) is 20.6 Å². The van der Waals surface area contributed by atoms with E-state index in [4.69, 9.17) is 4.74 Å². The van der Waals surface area contributed by atoms with Crippen molar-refractivity contribution in [1.82, 2.24) is 20.6 Å². The number of ether oxygens (including phenoxy) is 1. The fraction of sp³-hybridized carbons (Fsp3) is 0.318. The first kappa shape index (κ1) is 18.4. The highest BCUT2D eigenvalue weighted by Crippen LogP contribution is 2.22. The van der Waals surface area contributed by atoms with Crippen LogP contribution in [-0.4, -0.2) is 42.1 Å². The summed E-state index contributed by atoms with van der Waals surface area (Å²) in [6.45, 7) is 2.91. The van der Waals surface area contributed by atoms with Gasteiger partial charge in [-0.15, -0.1) is 0 Å². The van der Waals surface area contributed by atoms with E-state index in [1.165, 1.54) is 6.42 Å². The first-order chi connectivity index (χ1) is 13.8. The van der Waals surface area contributed by atoms with Gasteiger partial charge in [0.15, 0.2) is 0 Å². The van der Waals surface area contributed by atoms with Gasteiger partial charge in [0.2, 0.25) is 0 Å². The van der Waals surface area contributed by atoms with Crippen molar-refractivity contribution in [3.05, 3.63) is 66.1 Å². The van der Waals surface area contributed by atoms with Crippen LogP contribution >= 0.6 is 0 Å². The van der Waals surface area contributed by atoms with Gasteiger partial charge in [-0.25, -0.2) is 0 Å². The third-order valence-electron chi connectivity index (χ3n) is 4.98. The summed E-state index contributed by atoms with van der Waals surface area (Å²) in [6, 6.07) is 11.7. The van der Waals surface area contributed by atoms with E-state index in [1.807, 2.05) is 42.6 Å². The van der Waals surface area contributed by atoms with Crippen molar-refractivity contribution in [3.63, 3.8) is 0 Å². The number of carbonyl (C=O) groups is 1. The standard InChI is InChI=1S/C22H24N4O2/c27-22(19-12-17(14-24-15-19)11-16-6-8-23-13-16)26-9-10-28-20-5-1-3-18-4-2-7-25-21(18)20/h1-5,7,12,14-16,23H,6,8-11,13H2,(H,26,27). The van der Waals surface area contributed by atoms with Gasteiger partial charge in [0.25, 0.3) is 5.91 Å². The van der Waals surface area contributed by atoms with E-state index in [9.17, 15) is 4.79 Å². The Morgan fingerprint density at radius 2 is 2.18 bits per heavy atom. The molecule has 0 spiro atoms. The van der Waals surface area contributed by atoms with Crippen LogP contribution in [0.3, 0.4) is 0 Å². The van der Waals surface area contributed by atoms with Crippen molar-refractivity contribution in [2.24, 2.45) is 5.92 Å². The number of para-hydroxylation sites is 1. The lowest BCUT2D eigenvalue weighted by atomic mass is 9.99. The van der Waals surface area contributed by atoms with Crippen molar-refractivity contribution in [2.45, 2.75) is 12.8 Å². The minimum atomic E-state index is -0.126. The zero-order chi connectivity index (χ0) is 19.2. The van der Waals surface area contributed by atoms with Crippen LogP contribution in [-0.2, 0) is 6.42 Å². The van der Waals surface area contributed by atoms with Gasteiger partial charge in [0, 0.05) is 24.0 Å². The summed E-state index contributed by atoms with van der Waals surface area (Å²) in [5.41, 5.74) is 2.53. The summed E-state index contributed by atoms with van der Waals surface area (Å²) in [7, 11) is 0. The largest absolute Gasteiger partial charge is 0.489 e. The van der Waals surface area contributed by atoms with Crippen molar-refractivity contribution >= 4 is 16.8 Å². The monoisotopic (exact) mass is 376 g/mol. The molecule has 1 aliphatic rings. The first-order valence-electron chi connectivity index (χ1n) is 9.69. The van der Waals surface area contributed by atoms with Crippen molar-refractivity contribution < 1.29 is 9.53 Å². The van der Waals surface area contributed by atoms with Crippen molar-refractivity contribution in [3.8, 4) is 5.75 Å². The fourth-order valence-corrected chi connectivity index (χ4v) is 3.57. The minimum absolute atomic E-state index is 0.126. The molecule has 1 atom stereocenters. The topological polar surface area (TPSA) is 76.1 Å². The summed E-state index contributed by atoms with van der Waals surface area (Å²) in [4.78, 5) is 21.0. The molecule has 28 heavy (non-hydrogen) atoms. The number of carbonyl (C=O) groups excluding carboxylic acids is 1. The van der Waals surface area contributed by atoms with Crippen LogP contribution in [0.25, 0.3) is 10.9 Å². The molecule has 2 N–H and O–H groups in total. The molecule has 1 saturated heterocycles. The van der Waals surface area contributed by atoms with Crippen molar-refractivity contribution in [1.29, 1.82) is 0 Å². The average Bonchev–Trinajstić information content (AvgIpc) is 3.24. The van der Waals surface area contributed by atoms with Gasteiger partial charge >= 0.3 is 0 Å². The third kappa shape index (κ3) is 4.46. The number of aromatic nitrogens is 2. The molecule has 6 nitrogen and oxygen atoms in total. The Labute approximate surface area is 164 Å². The molecule has 1 amide bonds. The second-order valence-electron chi connectivity index (χ2n) is 7.08. The number of hydrogen-bond acceptors (Lipinski definition) is 5. The minimum Gasteiger partial charge on any atom is -0.489 e. The van der Waals surface area contributed by atoms with E-state index in [-0.39, 0.29) is 5.91 Å². The van der Waals surface area contributed by atoms with E-state index >= 15 is 0 Å². The second-order valence-corrected chi connectivity index (χ2v) is 7.08. The Hall–Kier alpha value is -2.99. The number of nitrogens with zero attached hydrogens (tertiary/aromatic N) is 2. The molecule has 4 rings (SSSR count). The molecule has 0 saturated carbocycles. The number of fused-ring (bicyclic) bond motifs is 1. The fourth-order valence-electron chi connectivity index (χ4n) is 3.57. The predicted molar refractivity (Wildman–Crippen MR) is 108 cm³/mol.